The zero-order valence-corrected chi connectivity index (χ0v) is 20.0. The smallest absolute Gasteiger partial charge is 0.425 e. The highest BCUT2D eigenvalue weighted by molar-refractivity contribution is 5.68. The molecule has 0 aromatic heterocycles. The second kappa shape index (κ2) is 9.91. The first kappa shape index (κ1) is 25.1. The van der Waals surface area contributed by atoms with Crippen molar-refractivity contribution in [1.82, 2.24) is 9.80 Å². The van der Waals surface area contributed by atoms with Crippen LogP contribution in [0.3, 0.4) is 0 Å². The summed E-state index contributed by atoms with van der Waals surface area (Å²) in [6, 6.07) is 6.48. The van der Waals surface area contributed by atoms with Crippen LogP contribution in [0.15, 0.2) is 18.2 Å². The number of carbonyl (C=O) groups is 1. The van der Waals surface area contributed by atoms with Gasteiger partial charge in [0.05, 0.1) is 0 Å². The average molecular weight is 486 g/mol. The molecule has 3 heterocycles. The van der Waals surface area contributed by atoms with E-state index in [2.05, 4.69) is 39.7 Å². The summed E-state index contributed by atoms with van der Waals surface area (Å²) >= 11 is 0. The molecule has 3 saturated heterocycles. The van der Waals surface area contributed by atoms with Crippen molar-refractivity contribution >= 4 is 11.8 Å². The Kier molecular flexibility index (Phi) is 7.31. The number of piperidine rings is 2. The van der Waals surface area contributed by atoms with Gasteiger partial charge in [-0.25, -0.2) is 9.18 Å². The van der Waals surface area contributed by atoms with E-state index < -0.39 is 24.5 Å². The minimum Gasteiger partial charge on any atom is -0.437 e. The van der Waals surface area contributed by atoms with Gasteiger partial charge >= 0.3 is 12.3 Å². The van der Waals surface area contributed by atoms with E-state index in [-0.39, 0.29) is 5.54 Å². The third kappa shape index (κ3) is 5.44. The van der Waals surface area contributed by atoms with Crippen molar-refractivity contribution in [2.24, 2.45) is 0 Å². The maximum Gasteiger partial charge on any atom is 0.425 e. The molecule has 190 valence electrons. The van der Waals surface area contributed by atoms with Crippen molar-refractivity contribution in [2.45, 2.75) is 82.9 Å². The Bertz CT molecular complexity index is 862. The molecular weight excluding hydrogens is 450 g/mol. The second-order valence-electron chi connectivity index (χ2n) is 10.1. The van der Waals surface area contributed by atoms with Crippen LogP contribution < -0.4 is 4.90 Å². The minimum absolute atomic E-state index is 0.0550. The molecule has 0 radical (unpaired) electrons. The van der Waals surface area contributed by atoms with E-state index in [0.29, 0.717) is 25.9 Å². The Hall–Kier alpha value is -2.03. The molecule has 0 N–H and O–H groups in total. The highest BCUT2D eigenvalue weighted by Crippen LogP contribution is 2.41. The number of rotatable bonds is 4. The molecule has 1 spiro atoms. The molecule has 1 unspecified atom stereocenters. The molecule has 1 aromatic rings. The molecule has 0 saturated carbocycles. The fourth-order valence-corrected chi connectivity index (χ4v) is 5.60. The summed E-state index contributed by atoms with van der Waals surface area (Å²) < 4.78 is 56.6. The van der Waals surface area contributed by atoms with Crippen LogP contribution in [-0.4, -0.2) is 72.6 Å². The van der Waals surface area contributed by atoms with E-state index in [9.17, 15) is 22.4 Å². The number of ether oxygens (including phenoxy) is 1. The molecule has 0 aliphatic carbocycles. The van der Waals surface area contributed by atoms with Crippen LogP contribution >= 0.6 is 0 Å². The van der Waals surface area contributed by atoms with Crippen molar-refractivity contribution in [3.8, 4) is 0 Å². The third-order valence-electron chi connectivity index (χ3n) is 7.80. The van der Waals surface area contributed by atoms with Gasteiger partial charge < -0.3 is 14.5 Å². The molecular formula is C25H35F4N3O2. The molecule has 0 bridgehead atoms. The Morgan fingerprint density at radius 1 is 1.12 bits per heavy atom. The fraction of sp³-hybridized carbons (Fsp3) is 0.720. The van der Waals surface area contributed by atoms with Gasteiger partial charge in [-0.2, -0.15) is 13.2 Å². The Morgan fingerprint density at radius 2 is 1.79 bits per heavy atom. The zero-order chi connectivity index (χ0) is 24.5. The standard InChI is InChI=1S/C25H35F4N3O2/c1-18-4-5-20(22(16-18)30-12-6-21(26)7-13-30)17-32-11-3-8-24(32)9-14-31(15-10-24)23(33)34-19(2)25(27,28)29/h4-5,16,19,21H,3,6-15,17H2,1-2H3. The first-order valence-corrected chi connectivity index (χ1v) is 12.3. The normalized spacial score (nSPS) is 22.9. The van der Waals surface area contributed by atoms with Gasteiger partial charge in [-0.3, -0.25) is 4.90 Å². The van der Waals surface area contributed by atoms with Gasteiger partial charge in [0.25, 0.3) is 0 Å². The number of aryl methyl sites for hydroxylation is 1. The molecule has 1 amide bonds. The average Bonchev–Trinajstić information content (AvgIpc) is 3.16. The van der Waals surface area contributed by atoms with Crippen molar-refractivity contribution < 1.29 is 27.1 Å². The summed E-state index contributed by atoms with van der Waals surface area (Å²) in [6.07, 6.45) is -3.65. The van der Waals surface area contributed by atoms with Crippen molar-refractivity contribution in [3.63, 3.8) is 0 Å². The molecule has 5 nitrogen and oxygen atoms in total. The number of anilines is 1. The van der Waals surface area contributed by atoms with Crippen LogP contribution in [0.4, 0.5) is 28.0 Å². The number of likely N-dealkylation sites (tertiary alicyclic amines) is 2. The predicted molar refractivity (Wildman–Crippen MR) is 123 cm³/mol. The fourth-order valence-electron chi connectivity index (χ4n) is 5.60. The number of carbonyl (C=O) groups excluding carboxylic acids is 1. The van der Waals surface area contributed by atoms with E-state index in [0.717, 1.165) is 58.8 Å². The summed E-state index contributed by atoms with van der Waals surface area (Å²) in [4.78, 5) is 18.5. The highest BCUT2D eigenvalue weighted by atomic mass is 19.4. The van der Waals surface area contributed by atoms with Gasteiger partial charge in [-0.15, -0.1) is 0 Å². The van der Waals surface area contributed by atoms with Crippen LogP contribution in [0, 0.1) is 6.92 Å². The van der Waals surface area contributed by atoms with Crippen LogP contribution in [0.25, 0.3) is 0 Å². The summed E-state index contributed by atoms with van der Waals surface area (Å²) in [6.45, 7) is 6.89. The van der Waals surface area contributed by atoms with Gasteiger partial charge in [0, 0.05) is 44.0 Å². The van der Waals surface area contributed by atoms with Gasteiger partial charge in [0.15, 0.2) is 6.10 Å². The Labute approximate surface area is 199 Å². The first-order chi connectivity index (χ1) is 16.1. The molecule has 4 rings (SSSR count). The van der Waals surface area contributed by atoms with E-state index in [4.69, 9.17) is 0 Å². The lowest BCUT2D eigenvalue weighted by atomic mass is 9.84. The summed E-state index contributed by atoms with van der Waals surface area (Å²) in [5.41, 5.74) is 3.53. The quantitative estimate of drug-likeness (QED) is 0.532. The molecule has 1 aromatic carbocycles. The number of amides is 1. The second-order valence-corrected chi connectivity index (χ2v) is 10.1. The lowest BCUT2D eigenvalue weighted by Gasteiger charge is -2.45. The highest BCUT2D eigenvalue weighted by Gasteiger charge is 2.45. The van der Waals surface area contributed by atoms with Gasteiger partial charge in [0.1, 0.15) is 6.17 Å². The monoisotopic (exact) mass is 485 g/mol. The molecule has 3 fully saturated rings. The maximum absolute atomic E-state index is 13.7. The summed E-state index contributed by atoms with van der Waals surface area (Å²) in [5.74, 6) is 0. The van der Waals surface area contributed by atoms with E-state index in [1.165, 1.54) is 21.7 Å². The van der Waals surface area contributed by atoms with E-state index in [1.54, 1.807) is 0 Å². The summed E-state index contributed by atoms with van der Waals surface area (Å²) in [7, 11) is 0. The Morgan fingerprint density at radius 3 is 2.44 bits per heavy atom. The topological polar surface area (TPSA) is 36.0 Å². The Balaban J connectivity index is 1.42. The van der Waals surface area contributed by atoms with Crippen molar-refractivity contribution in [3.05, 3.63) is 29.3 Å². The van der Waals surface area contributed by atoms with Gasteiger partial charge in [-0.1, -0.05) is 12.1 Å². The molecule has 34 heavy (non-hydrogen) atoms. The first-order valence-electron chi connectivity index (χ1n) is 12.3. The van der Waals surface area contributed by atoms with Gasteiger partial charge in [-0.05, 0) is 76.1 Å². The molecule has 9 heteroatoms. The van der Waals surface area contributed by atoms with Crippen LogP contribution in [0.2, 0.25) is 0 Å². The SMILES string of the molecule is Cc1ccc(CN2CCCC23CCN(C(=O)OC(C)C(F)(F)F)CC3)c(N2CCC(F)CC2)c1. The van der Waals surface area contributed by atoms with Crippen LogP contribution in [0.1, 0.15) is 56.6 Å². The number of hydrogen-bond acceptors (Lipinski definition) is 4. The van der Waals surface area contributed by atoms with Crippen LogP contribution in [-0.2, 0) is 11.3 Å². The number of benzene rings is 1. The molecule has 1 atom stereocenters. The van der Waals surface area contributed by atoms with Gasteiger partial charge in [0.2, 0.25) is 0 Å². The number of alkyl halides is 4. The largest absolute Gasteiger partial charge is 0.437 e. The lowest BCUT2D eigenvalue weighted by molar-refractivity contribution is -0.200. The third-order valence-corrected chi connectivity index (χ3v) is 7.80. The van der Waals surface area contributed by atoms with E-state index in [1.807, 2.05) is 0 Å². The number of nitrogens with zero attached hydrogens (tertiary/aromatic N) is 3. The summed E-state index contributed by atoms with van der Waals surface area (Å²) in [5, 5.41) is 0. The zero-order valence-electron chi connectivity index (χ0n) is 20.0. The number of hydrogen-bond donors (Lipinski definition) is 0. The van der Waals surface area contributed by atoms with Crippen LogP contribution in [0.5, 0.6) is 0 Å². The minimum atomic E-state index is -4.56. The molecule has 3 aliphatic rings. The lowest BCUT2D eigenvalue weighted by Crippen LogP contribution is -2.53. The number of halogens is 4. The van der Waals surface area contributed by atoms with Crippen molar-refractivity contribution in [1.29, 1.82) is 0 Å². The van der Waals surface area contributed by atoms with Crippen molar-refractivity contribution in [2.75, 3.05) is 37.6 Å². The maximum atomic E-state index is 13.7. The molecule has 3 aliphatic heterocycles. The predicted octanol–water partition coefficient (Wildman–Crippen LogP) is 5.45. The van der Waals surface area contributed by atoms with E-state index >= 15 is 0 Å².